The summed E-state index contributed by atoms with van der Waals surface area (Å²) < 4.78 is 12.3. The Bertz CT molecular complexity index is 1100. The fraction of sp³-hybridized carbons (Fsp3) is 0.381. The lowest BCUT2D eigenvalue weighted by atomic mass is 10.0. The second-order valence-corrected chi connectivity index (χ2v) is 7.40. The number of rotatable bonds is 8. The minimum absolute atomic E-state index is 0.237. The number of pyridine rings is 1. The normalized spacial score (nSPS) is 11.0. The van der Waals surface area contributed by atoms with Gasteiger partial charge in [0, 0.05) is 36.3 Å². The first kappa shape index (κ1) is 22.2. The van der Waals surface area contributed by atoms with E-state index in [1.807, 2.05) is 6.92 Å². The summed E-state index contributed by atoms with van der Waals surface area (Å²) in [6.07, 6.45) is 3.76. The van der Waals surface area contributed by atoms with Crippen LogP contribution in [-0.2, 0) is 6.54 Å². The summed E-state index contributed by atoms with van der Waals surface area (Å²) >= 11 is 13.1. The van der Waals surface area contributed by atoms with Crippen LogP contribution in [0.1, 0.15) is 26.7 Å². The number of aryl methyl sites for hydroxylation is 1. The predicted molar refractivity (Wildman–Crippen MR) is 121 cm³/mol. The van der Waals surface area contributed by atoms with Crippen molar-refractivity contribution >= 4 is 40.2 Å². The lowest BCUT2D eigenvalue weighted by Crippen LogP contribution is -2.23. The lowest BCUT2D eigenvalue weighted by molar-refractivity contribution is 0.395. The predicted octanol–water partition coefficient (Wildman–Crippen LogP) is 5.01. The van der Waals surface area contributed by atoms with Crippen LogP contribution in [0.25, 0.3) is 22.2 Å². The molecule has 0 aliphatic carbocycles. The molecular weight excluding hydrogens is 427 g/mol. The van der Waals surface area contributed by atoms with Crippen LogP contribution in [-0.4, -0.2) is 35.3 Å². The summed E-state index contributed by atoms with van der Waals surface area (Å²) in [7, 11) is 2.98. The van der Waals surface area contributed by atoms with Gasteiger partial charge in [-0.1, -0.05) is 36.5 Å². The average Bonchev–Trinajstić information content (AvgIpc) is 2.75. The Morgan fingerprint density at radius 2 is 1.77 bits per heavy atom. The molecule has 0 radical (unpaired) electrons. The molecular formula is C21H24Cl2N4O3. The summed E-state index contributed by atoms with van der Waals surface area (Å²) in [6.45, 7) is 5.19. The smallest absolute Gasteiger partial charge is 0.260 e. The number of hydrogen-bond donors (Lipinski definition) is 1. The van der Waals surface area contributed by atoms with Crippen molar-refractivity contribution in [1.29, 1.82) is 0 Å². The molecule has 160 valence electrons. The molecule has 0 fully saturated rings. The van der Waals surface area contributed by atoms with Crippen molar-refractivity contribution in [1.82, 2.24) is 14.5 Å². The second kappa shape index (κ2) is 9.53. The molecule has 0 unspecified atom stereocenters. The molecule has 9 heteroatoms. The standard InChI is InChI=1S/C21H24Cl2N4O3/c1-5-7-8-24-21-25-11-12-9-13(20(28)27(6-2)19(12)26-21)16-17(22)14(29-3)10-15(30-4)18(16)23/h9-11H,5-8H2,1-4H3,(H,24,25,26). The molecule has 0 bridgehead atoms. The van der Waals surface area contributed by atoms with E-state index >= 15 is 0 Å². The highest BCUT2D eigenvalue weighted by Gasteiger charge is 2.22. The summed E-state index contributed by atoms with van der Waals surface area (Å²) in [5.41, 5.74) is 0.963. The Balaban J connectivity index is 2.25. The molecule has 0 aliphatic heterocycles. The molecule has 2 heterocycles. The number of anilines is 1. The number of aromatic nitrogens is 3. The first-order chi connectivity index (χ1) is 14.5. The lowest BCUT2D eigenvalue weighted by Gasteiger charge is -2.16. The summed E-state index contributed by atoms with van der Waals surface area (Å²) in [5, 5.41) is 4.36. The maximum absolute atomic E-state index is 13.4. The van der Waals surface area contributed by atoms with Gasteiger partial charge in [-0.2, -0.15) is 4.98 Å². The zero-order valence-electron chi connectivity index (χ0n) is 17.4. The van der Waals surface area contributed by atoms with Crippen molar-refractivity contribution in [3.8, 4) is 22.6 Å². The zero-order chi connectivity index (χ0) is 21.8. The van der Waals surface area contributed by atoms with E-state index in [1.165, 1.54) is 14.2 Å². The van der Waals surface area contributed by atoms with E-state index in [0.717, 1.165) is 19.4 Å². The first-order valence-electron chi connectivity index (χ1n) is 9.71. The van der Waals surface area contributed by atoms with Crippen LogP contribution < -0.4 is 20.3 Å². The van der Waals surface area contributed by atoms with Crippen molar-refractivity contribution in [3.63, 3.8) is 0 Å². The molecule has 2 aromatic heterocycles. The Labute approximate surface area is 185 Å². The molecule has 0 atom stereocenters. The van der Waals surface area contributed by atoms with E-state index in [1.54, 1.807) is 22.9 Å². The zero-order valence-corrected chi connectivity index (χ0v) is 18.9. The molecule has 1 N–H and O–H groups in total. The molecule has 0 saturated carbocycles. The molecule has 0 amide bonds. The van der Waals surface area contributed by atoms with Crippen molar-refractivity contribution in [2.24, 2.45) is 0 Å². The van der Waals surface area contributed by atoms with Gasteiger partial charge in [0.25, 0.3) is 5.56 Å². The van der Waals surface area contributed by atoms with Crippen LogP contribution in [0.2, 0.25) is 10.0 Å². The third-order valence-electron chi connectivity index (χ3n) is 4.80. The largest absolute Gasteiger partial charge is 0.495 e. The van der Waals surface area contributed by atoms with E-state index < -0.39 is 0 Å². The Morgan fingerprint density at radius 3 is 2.33 bits per heavy atom. The highest BCUT2D eigenvalue weighted by molar-refractivity contribution is 6.41. The van der Waals surface area contributed by atoms with Crippen molar-refractivity contribution < 1.29 is 9.47 Å². The number of ether oxygens (including phenoxy) is 2. The minimum Gasteiger partial charge on any atom is -0.495 e. The molecule has 0 aliphatic rings. The Hall–Kier alpha value is -2.51. The molecule has 3 rings (SSSR count). The maximum Gasteiger partial charge on any atom is 0.260 e. The van der Waals surface area contributed by atoms with Gasteiger partial charge >= 0.3 is 0 Å². The number of halogens is 2. The van der Waals surface area contributed by atoms with Gasteiger partial charge in [-0.3, -0.25) is 9.36 Å². The third-order valence-corrected chi connectivity index (χ3v) is 5.55. The highest BCUT2D eigenvalue weighted by Crippen LogP contribution is 2.45. The molecule has 1 aromatic carbocycles. The highest BCUT2D eigenvalue weighted by atomic mass is 35.5. The molecule has 7 nitrogen and oxygen atoms in total. The average molecular weight is 451 g/mol. The number of methoxy groups -OCH3 is 2. The SMILES string of the molecule is CCCCNc1ncc2cc(-c3c(Cl)c(OC)cc(OC)c3Cl)c(=O)n(CC)c2n1. The van der Waals surface area contributed by atoms with Gasteiger partial charge in [0.2, 0.25) is 5.95 Å². The van der Waals surface area contributed by atoms with Crippen LogP contribution in [0.15, 0.2) is 23.1 Å². The molecule has 30 heavy (non-hydrogen) atoms. The molecule has 0 spiro atoms. The minimum atomic E-state index is -0.262. The number of unbranched alkanes of at least 4 members (excludes halogenated alkanes) is 1. The number of nitrogens with zero attached hydrogens (tertiary/aromatic N) is 3. The number of fused-ring (bicyclic) bond motifs is 1. The number of nitrogens with one attached hydrogen (secondary N) is 1. The maximum atomic E-state index is 13.4. The van der Waals surface area contributed by atoms with E-state index in [-0.39, 0.29) is 15.6 Å². The van der Waals surface area contributed by atoms with Crippen LogP contribution in [0.5, 0.6) is 11.5 Å². The van der Waals surface area contributed by atoms with Crippen molar-refractivity contribution in [2.45, 2.75) is 33.2 Å². The third kappa shape index (κ3) is 4.04. The van der Waals surface area contributed by atoms with Gasteiger partial charge in [0.05, 0.1) is 29.8 Å². The first-order valence-corrected chi connectivity index (χ1v) is 10.5. The van der Waals surface area contributed by atoms with E-state index in [4.69, 9.17) is 32.7 Å². The Kier molecular flexibility index (Phi) is 7.05. The quantitative estimate of drug-likeness (QED) is 0.485. The fourth-order valence-electron chi connectivity index (χ4n) is 3.22. The fourth-order valence-corrected chi connectivity index (χ4v) is 3.92. The second-order valence-electron chi connectivity index (χ2n) is 6.64. The van der Waals surface area contributed by atoms with Crippen LogP contribution in [0.3, 0.4) is 0 Å². The topological polar surface area (TPSA) is 78.3 Å². The summed E-state index contributed by atoms with van der Waals surface area (Å²) in [4.78, 5) is 22.3. The van der Waals surface area contributed by atoms with Gasteiger partial charge in [-0.25, -0.2) is 4.98 Å². The van der Waals surface area contributed by atoms with Crippen molar-refractivity contribution in [3.05, 3.63) is 38.7 Å². The van der Waals surface area contributed by atoms with Crippen LogP contribution in [0.4, 0.5) is 5.95 Å². The Morgan fingerprint density at radius 1 is 1.10 bits per heavy atom. The molecule has 3 aromatic rings. The van der Waals surface area contributed by atoms with Gasteiger partial charge in [0.1, 0.15) is 17.1 Å². The van der Waals surface area contributed by atoms with E-state index in [0.29, 0.717) is 46.2 Å². The van der Waals surface area contributed by atoms with Gasteiger partial charge < -0.3 is 14.8 Å². The summed E-state index contributed by atoms with van der Waals surface area (Å²) in [6, 6.07) is 3.29. The monoisotopic (exact) mass is 450 g/mol. The van der Waals surface area contributed by atoms with Crippen molar-refractivity contribution in [2.75, 3.05) is 26.1 Å². The van der Waals surface area contributed by atoms with Gasteiger partial charge in [0.15, 0.2) is 0 Å². The van der Waals surface area contributed by atoms with E-state index in [2.05, 4.69) is 22.2 Å². The molecule has 0 saturated heterocycles. The number of benzene rings is 1. The van der Waals surface area contributed by atoms with Gasteiger partial charge in [-0.15, -0.1) is 0 Å². The summed E-state index contributed by atoms with van der Waals surface area (Å²) in [5.74, 6) is 1.22. The van der Waals surface area contributed by atoms with Crippen LogP contribution in [0, 0.1) is 0 Å². The van der Waals surface area contributed by atoms with Crippen LogP contribution >= 0.6 is 23.2 Å². The van der Waals surface area contributed by atoms with E-state index in [9.17, 15) is 4.79 Å². The van der Waals surface area contributed by atoms with Gasteiger partial charge in [-0.05, 0) is 19.4 Å². The number of hydrogen-bond acceptors (Lipinski definition) is 6.